The van der Waals surface area contributed by atoms with Crippen LogP contribution in [0.3, 0.4) is 0 Å². The van der Waals surface area contributed by atoms with E-state index in [0.29, 0.717) is 11.8 Å². The molecule has 4 aliphatic rings. The van der Waals surface area contributed by atoms with Crippen LogP contribution >= 0.6 is 0 Å². The molecule has 0 aromatic heterocycles. The summed E-state index contributed by atoms with van der Waals surface area (Å²) in [5.41, 5.74) is 13.6. The predicted octanol–water partition coefficient (Wildman–Crippen LogP) is 7.53. The number of allylic oxidation sites excluding steroid dienone is 6. The van der Waals surface area contributed by atoms with Gasteiger partial charge in [-0.25, -0.2) is 0 Å². The van der Waals surface area contributed by atoms with Gasteiger partial charge in [-0.15, -0.1) is 0 Å². The molecule has 2 aliphatic carbocycles. The first kappa shape index (κ1) is 21.8. The minimum Gasteiger partial charge on any atom is -0.355 e. The summed E-state index contributed by atoms with van der Waals surface area (Å²) >= 11 is 0. The molecule has 4 aromatic rings. The van der Waals surface area contributed by atoms with Crippen LogP contribution in [0.1, 0.15) is 19.4 Å². The summed E-state index contributed by atoms with van der Waals surface area (Å²) in [6.45, 7) is 5.19. The SMILES string of the molecule is CC1(C)C2=C(B3c4ccc(Nc5ccccc5)cc4N(c4ccccc4)c4cccc2c43)C2C=CC=CC21. The molecular formula is C35H29BN2. The highest BCUT2D eigenvalue weighted by Gasteiger charge is 2.56. The van der Waals surface area contributed by atoms with E-state index in [0.717, 1.165) is 11.4 Å². The van der Waals surface area contributed by atoms with E-state index in [1.54, 1.807) is 11.0 Å². The number of fused-ring (bicyclic) bond motifs is 6. The van der Waals surface area contributed by atoms with E-state index in [4.69, 9.17) is 0 Å². The molecule has 2 heterocycles. The molecule has 0 saturated heterocycles. The summed E-state index contributed by atoms with van der Waals surface area (Å²) in [4.78, 5) is 2.48. The van der Waals surface area contributed by atoms with Crippen molar-refractivity contribution >= 4 is 51.6 Å². The van der Waals surface area contributed by atoms with Gasteiger partial charge in [-0.1, -0.05) is 98.2 Å². The van der Waals surface area contributed by atoms with Crippen LogP contribution in [-0.2, 0) is 0 Å². The van der Waals surface area contributed by atoms with Gasteiger partial charge in [-0.05, 0) is 81.8 Å². The fraction of sp³-hybridized carbons (Fsp3) is 0.143. The quantitative estimate of drug-likeness (QED) is 0.300. The third kappa shape index (κ3) is 2.90. The summed E-state index contributed by atoms with van der Waals surface area (Å²) in [6, 6.07) is 35.2. The molecule has 38 heavy (non-hydrogen) atoms. The monoisotopic (exact) mass is 488 g/mol. The Bertz CT molecular complexity index is 1680. The van der Waals surface area contributed by atoms with Crippen LogP contribution in [0.15, 0.2) is 127 Å². The summed E-state index contributed by atoms with van der Waals surface area (Å²) < 4.78 is 0. The maximum Gasteiger partial charge on any atom is 0.244 e. The molecule has 1 N–H and O–H groups in total. The van der Waals surface area contributed by atoms with Crippen molar-refractivity contribution in [1.82, 2.24) is 0 Å². The smallest absolute Gasteiger partial charge is 0.244 e. The van der Waals surface area contributed by atoms with Crippen LogP contribution < -0.4 is 21.1 Å². The Balaban J connectivity index is 1.38. The number of hydrogen-bond donors (Lipinski definition) is 1. The molecule has 2 unspecified atom stereocenters. The van der Waals surface area contributed by atoms with Crippen molar-refractivity contribution in [1.29, 1.82) is 0 Å². The van der Waals surface area contributed by atoms with Crippen molar-refractivity contribution in [2.24, 2.45) is 17.3 Å². The lowest BCUT2D eigenvalue weighted by Gasteiger charge is -2.39. The van der Waals surface area contributed by atoms with Gasteiger partial charge >= 0.3 is 0 Å². The standard InChI is InChI=1S/C35H29BN2/c1-35(2)28-18-10-9-16-26(28)34-32(35)27-17-11-19-30-33(27)36(34)29-21-20-24(37-23-12-5-3-6-13-23)22-31(29)38(30)25-14-7-4-8-15-25/h3-22,26,28,37H,1-2H3. The van der Waals surface area contributed by atoms with E-state index in [-0.39, 0.29) is 12.1 Å². The van der Waals surface area contributed by atoms with E-state index in [1.165, 1.54) is 33.6 Å². The summed E-state index contributed by atoms with van der Waals surface area (Å²) in [7, 11) is 0. The molecule has 2 aliphatic heterocycles. The van der Waals surface area contributed by atoms with Crippen molar-refractivity contribution < 1.29 is 0 Å². The maximum absolute atomic E-state index is 3.64. The molecule has 0 bridgehead atoms. The molecule has 0 saturated carbocycles. The van der Waals surface area contributed by atoms with Gasteiger partial charge in [0.05, 0.1) is 0 Å². The average Bonchev–Trinajstić information content (AvgIpc) is 3.42. The van der Waals surface area contributed by atoms with Crippen molar-refractivity contribution in [2.75, 3.05) is 10.2 Å². The minimum absolute atomic E-state index is 0.0836. The predicted molar refractivity (Wildman–Crippen MR) is 162 cm³/mol. The van der Waals surface area contributed by atoms with Crippen LogP contribution in [-0.4, -0.2) is 6.71 Å². The Morgan fingerprint density at radius 2 is 1.50 bits per heavy atom. The minimum atomic E-state index is 0.0836. The van der Waals surface area contributed by atoms with Crippen LogP contribution in [0.4, 0.5) is 28.4 Å². The highest BCUT2D eigenvalue weighted by atomic mass is 15.2. The molecule has 0 amide bonds. The lowest BCUT2D eigenvalue weighted by atomic mass is 9.34. The molecule has 4 aromatic carbocycles. The van der Waals surface area contributed by atoms with Crippen molar-refractivity contribution in [3.05, 3.63) is 132 Å². The molecule has 3 heteroatoms. The second kappa shape index (κ2) is 7.88. The molecule has 182 valence electrons. The normalized spacial score (nSPS) is 21.2. The Labute approximate surface area is 225 Å². The number of hydrogen-bond acceptors (Lipinski definition) is 2. The van der Waals surface area contributed by atoms with Gasteiger partial charge in [0.2, 0.25) is 6.71 Å². The van der Waals surface area contributed by atoms with Gasteiger partial charge in [0.15, 0.2) is 0 Å². The summed E-state index contributed by atoms with van der Waals surface area (Å²) in [6.07, 6.45) is 9.40. The van der Waals surface area contributed by atoms with Gasteiger partial charge in [-0.2, -0.15) is 0 Å². The molecule has 0 fully saturated rings. The second-order valence-electron chi connectivity index (χ2n) is 11.5. The topological polar surface area (TPSA) is 15.3 Å². The Hall–Kier alpha value is -4.24. The lowest BCUT2D eigenvalue weighted by molar-refractivity contribution is 0.342. The molecule has 2 atom stereocenters. The molecule has 0 spiro atoms. The summed E-state index contributed by atoms with van der Waals surface area (Å²) in [5.74, 6) is 0.942. The number of nitrogens with zero attached hydrogens (tertiary/aromatic N) is 1. The van der Waals surface area contributed by atoms with Gasteiger partial charge in [-0.3, -0.25) is 0 Å². The van der Waals surface area contributed by atoms with Crippen LogP contribution in [0.5, 0.6) is 0 Å². The zero-order valence-electron chi connectivity index (χ0n) is 21.7. The van der Waals surface area contributed by atoms with E-state index in [9.17, 15) is 0 Å². The molecular weight excluding hydrogens is 459 g/mol. The maximum atomic E-state index is 3.64. The van der Waals surface area contributed by atoms with Gasteiger partial charge < -0.3 is 10.2 Å². The number of benzene rings is 4. The zero-order valence-corrected chi connectivity index (χ0v) is 21.7. The van der Waals surface area contributed by atoms with E-state index < -0.39 is 0 Å². The Morgan fingerprint density at radius 3 is 2.32 bits per heavy atom. The second-order valence-corrected chi connectivity index (χ2v) is 11.5. The number of rotatable bonds is 3. The van der Waals surface area contributed by atoms with Crippen LogP contribution in [0, 0.1) is 17.3 Å². The Kier molecular flexibility index (Phi) is 4.52. The molecule has 8 rings (SSSR count). The highest BCUT2D eigenvalue weighted by molar-refractivity contribution is 6.96. The third-order valence-corrected chi connectivity index (χ3v) is 9.11. The van der Waals surface area contributed by atoms with Crippen molar-refractivity contribution in [3.63, 3.8) is 0 Å². The zero-order chi connectivity index (χ0) is 25.4. The first-order valence-electron chi connectivity index (χ1n) is 13.7. The van der Waals surface area contributed by atoms with Gasteiger partial charge in [0.25, 0.3) is 0 Å². The highest BCUT2D eigenvalue weighted by Crippen LogP contribution is 2.60. The fourth-order valence-electron chi connectivity index (χ4n) is 7.62. The Morgan fingerprint density at radius 1 is 0.737 bits per heavy atom. The van der Waals surface area contributed by atoms with Gasteiger partial charge in [0, 0.05) is 28.4 Å². The lowest BCUT2D eigenvalue weighted by Crippen LogP contribution is -2.51. The van der Waals surface area contributed by atoms with E-state index in [1.807, 2.05) is 0 Å². The van der Waals surface area contributed by atoms with Gasteiger partial charge in [0.1, 0.15) is 0 Å². The number of para-hydroxylation sites is 2. The van der Waals surface area contributed by atoms with Crippen molar-refractivity contribution in [3.8, 4) is 0 Å². The van der Waals surface area contributed by atoms with Crippen molar-refractivity contribution in [2.45, 2.75) is 13.8 Å². The number of nitrogens with one attached hydrogen (secondary N) is 1. The van der Waals surface area contributed by atoms with Crippen LogP contribution in [0.25, 0.3) is 5.57 Å². The van der Waals surface area contributed by atoms with E-state index in [2.05, 4.69) is 145 Å². The first-order valence-corrected chi connectivity index (χ1v) is 13.7. The molecule has 0 radical (unpaired) electrons. The largest absolute Gasteiger partial charge is 0.355 e. The van der Waals surface area contributed by atoms with Crippen LogP contribution in [0.2, 0.25) is 0 Å². The summed E-state index contributed by atoms with van der Waals surface area (Å²) in [5, 5.41) is 3.64. The van der Waals surface area contributed by atoms with E-state index >= 15 is 0 Å². The third-order valence-electron chi connectivity index (χ3n) is 9.11. The average molecular weight is 488 g/mol. The number of anilines is 5. The molecule has 2 nitrogen and oxygen atoms in total. The first-order chi connectivity index (χ1) is 18.6. The fourth-order valence-corrected chi connectivity index (χ4v) is 7.62.